The summed E-state index contributed by atoms with van der Waals surface area (Å²) in [4.78, 5) is 24.3. The van der Waals surface area contributed by atoms with Crippen LogP contribution in [0.3, 0.4) is 0 Å². The van der Waals surface area contributed by atoms with Gasteiger partial charge in [0.1, 0.15) is 12.4 Å². The summed E-state index contributed by atoms with van der Waals surface area (Å²) >= 11 is 1.04. The number of ether oxygens (including phenoxy) is 1. The molecule has 4 rings (SSSR count). The predicted molar refractivity (Wildman–Crippen MR) is 126 cm³/mol. The maximum Gasteiger partial charge on any atom is 0.325 e. The number of carbonyl (C=O) groups excluding carboxylic acids is 2. The number of hydrogen-bond donors (Lipinski definition) is 2. The number of aromatic nitrogens is 3. The van der Waals surface area contributed by atoms with Crippen LogP contribution in [-0.4, -0.2) is 32.5 Å². The minimum Gasteiger partial charge on any atom is -0.483 e. The van der Waals surface area contributed by atoms with Crippen molar-refractivity contribution in [2.45, 2.75) is 11.8 Å². The number of thioether (sulfide) groups is 1. The molecule has 0 bridgehead atoms. The second kappa shape index (κ2) is 11.3. The van der Waals surface area contributed by atoms with Crippen molar-refractivity contribution in [2.75, 3.05) is 11.1 Å². The summed E-state index contributed by atoms with van der Waals surface area (Å²) in [5.74, 6) is -1.44. The Hall–Kier alpha value is -4.25. The molecule has 0 unspecified atom stereocenters. The number of nitrogens with zero attached hydrogens (tertiary/aromatic N) is 3. The number of para-hydroxylation sites is 3. The van der Waals surface area contributed by atoms with Gasteiger partial charge in [-0.15, -0.1) is 10.2 Å². The zero-order valence-corrected chi connectivity index (χ0v) is 19.0. The summed E-state index contributed by atoms with van der Waals surface area (Å²) < 4.78 is 34.9. The lowest BCUT2D eigenvalue weighted by molar-refractivity contribution is -0.117. The Kier molecular flexibility index (Phi) is 7.68. The molecular weight excluding hydrogens is 476 g/mol. The van der Waals surface area contributed by atoms with Gasteiger partial charge in [0.05, 0.1) is 11.4 Å². The van der Waals surface area contributed by atoms with Crippen LogP contribution in [0.1, 0.15) is 5.82 Å². The van der Waals surface area contributed by atoms with Crippen LogP contribution in [0.5, 0.6) is 5.75 Å². The minimum atomic E-state index is -0.857. The van der Waals surface area contributed by atoms with Gasteiger partial charge in [-0.05, 0) is 36.4 Å². The number of carbonyl (C=O) groups is 2. The molecule has 0 spiro atoms. The number of nitrogens with one attached hydrogen (secondary N) is 2. The van der Waals surface area contributed by atoms with Gasteiger partial charge in [0.25, 0.3) is 0 Å². The summed E-state index contributed by atoms with van der Waals surface area (Å²) in [6.45, 7) is -0.0688. The molecule has 11 heteroatoms. The third-order valence-electron chi connectivity index (χ3n) is 4.62. The van der Waals surface area contributed by atoms with Crippen molar-refractivity contribution in [2.24, 2.45) is 0 Å². The molecule has 2 N–H and O–H groups in total. The summed E-state index contributed by atoms with van der Waals surface area (Å²) in [5.41, 5.74) is 0.665. The first-order valence-corrected chi connectivity index (χ1v) is 11.3. The summed E-state index contributed by atoms with van der Waals surface area (Å²) in [6, 6.07) is 19.9. The van der Waals surface area contributed by atoms with E-state index in [0.29, 0.717) is 16.7 Å². The fourth-order valence-corrected chi connectivity index (χ4v) is 3.81. The van der Waals surface area contributed by atoms with E-state index in [-0.39, 0.29) is 23.8 Å². The summed E-state index contributed by atoms with van der Waals surface area (Å²) in [5, 5.41) is 13.1. The van der Waals surface area contributed by atoms with Crippen LogP contribution in [-0.2, 0) is 11.4 Å². The van der Waals surface area contributed by atoms with Crippen molar-refractivity contribution in [1.82, 2.24) is 20.1 Å². The van der Waals surface area contributed by atoms with E-state index in [2.05, 4.69) is 20.8 Å². The zero-order valence-electron chi connectivity index (χ0n) is 18.2. The molecule has 178 valence electrons. The maximum atomic E-state index is 13.9. The number of hydrogen-bond acceptors (Lipinski definition) is 6. The fourth-order valence-electron chi connectivity index (χ4n) is 3.04. The molecule has 1 aromatic heterocycles. The maximum absolute atomic E-state index is 13.9. The topological polar surface area (TPSA) is 98.1 Å². The molecule has 0 saturated carbocycles. The third-order valence-corrected chi connectivity index (χ3v) is 5.54. The van der Waals surface area contributed by atoms with E-state index in [1.807, 2.05) is 30.3 Å². The molecule has 4 aromatic rings. The third kappa shape index (κ3) is 6.21. The van der Waals surface area contributed by atoms with Crippen LogP contribution in [0.15, 0.2) is 84.0 Å². The molecule has 3 aromatic carbocycles. The molecule has 0 saturated heterocycles. The second-order valence-corrected chi connectivity index (χ2v) is 8.00. The van der Waals surface area contributed by atoms with E-state index in [1.54, 1.807) is 22.8 Å². The Morgan fingerprint density at radius 1 is 0.886 bits per heavy atom. The van der Waals surface area contributed by atoms with Crippen LogP contribution in [0, 0.1) is 11.6 Å². The number of benzene rings is 3. The highest BCUT2D eigenvalue weighted by molar-refractivity contribution is 7.99. The number of rotatable bonds is 8. The molecule has 0 fully saturated rings. The minimum absolute atomic E-state index is 0.0474. The average Bonchev–Trinajstić information content (AvgIpc) is 3.27. The Morgan fingerprint density at radius 2 is 1.57 bits per heavy atom. The lowest BCUT2D eigenvalue weighted by atomic mass is 10.3. The Bertz CT molecular complexity index is 1330. The Morgan fingerprint density at radius 3 is 2.31 bits per heavy atom. The lowest BCUT2D eigenvalue weighted by Gasteiger charge is -2.11. The monoisotopic (exact) mass is 495 g/mol. The van der Waals surface area contributed by atoms with Crippen molar-refractivity contribution in [3.63, 3.8) is 0 Å². The number of urea groups is 1. The van der Waals surface area contributed by atoms with Crippen molar-refractivity contribution in [3.8, 4) is 11.4 Å². The van der Waals surface area contributed by atoms with Crippen LogP contribution in [0.2, 0.25) is 0 Å². The van der Waals surface area contributed by atoms with E-state index in [0.717, 1.165) is 11.8 Å². The highest BCUT2D eigenvalue weighted by atomic mass is 32.2. The highest BCUT2D eigenvalue weighted by Crippen LogP contribution is 2.24. The van der Waals surface area contributed by atoms with Gasteiger partial charge < -0.3 is 10.1 Å². The van der Waals surface area contributed by atoms with Gasteiger partial charge in [0.2, 0.25) is 5.91 Å². The van der Waals surface area contributed by atoms with Gasteiger partial charge in [0.15, 0.2) is 22.5 Å². The first-order valence-electron chi connectivity index (χ1n) is 10.4. The molecule has 0 aliphatic rings. The van der Waals surface area contributed by atoms with Crippen molar-refractivity contribution < 1.29 is 23.1 Å². The van der Waals surface area contributed by atoms with Gasteiger partial charge in [0, 0.05) is 5.69 Å². The number of imide groups is 1. The predicted octanol–water partition coefficient (Wildman–Crippen LogP) is 4.56. The molecule has 0 radical (unpaired) electrons. The van der Waals surface area contributed by atoms with Crippen molar-refractivity contribution in [1.29, 1.82) is 0 Å². The van der Waals surface area contributed by atoms with Gasteiger partial charge >= 0.3 is 6.03 Å². The molecule has 1 heterocycles. The molecule has 3 amide bonds. The first kappa shape index (κ1) is 23.9. The fraction of sp³-hybridized carbons (Fsp3) is 0.0833. The smallest absolute Gasteiger partial charge is 0.325 e. The van der Waals surface area contributed by atoms with Crippen LogP contribution < -0.4 is 15.4 Å². The van der Waals surface area contributed by atoms with Crippen molar-refractivity contribution >= 4 is 29.4 Å². The SMILES string of the molecule is O=C(CSc1nnc(COc2ccccc2F)n1-c1ccccc1)NC(=O)Nc1ccccc1F. The number of anilines is 1. The quantitative estimate of drug-likeness (QED) is 0.348. The van der Waals surface area contributed by atoms with E-state index in [9.17, 15) is 18.4 Å². The summed E-state index contributed by atoms with van der Waals surface area (Å²) in [6.07, 6.45) is 0. The van der Waals surface area contributed by atoms with Crippen molar-refractivity contribution in [3.05, 3.63) is 96.3 Å². The van der Waals surface area contributed by atoms with E-state index < -0.39 is 23.6 Å². The second-order valence-electron chi connectivity index (χ2n) is 7.06. The molecule has 8 nitrogen and oxygen atoms in total. The molecular formula is C24H19F2N5O3S. The number of amides is 3. The first-order chi connectivity index (χ1) is 17.0. The van der Waals surface area contributed by atoms with E-state index >= 15 is 0 Å². The van der Waals surface area contributed by atoms with Crippen LogP contribution in [0.4, 0.5) is 19.3 Å². The average molecular weight is 496 g/mol. The van der Waals surface area contributed by atoms with Crippen LogP contribution >= 0.6 is 11.8 Å². The Labute approximate surface area is 203 Å². The largest absolute Gasteiger partial charge is 0.483 e. The zero-order chi connectivity index (χ0) is 24.6. The molecule has 0 atom stereocenters. The van der Waals surface area contributed by atoms with E-state index in [4.69, 9.17) is 4.74 Å². The van der Waals surface area contributed by atoms with E-state index in [1.165, 1.54) is 30.3 Å². The van der Waals surface area contributed by atoms with Gasteiger partial charge in [-0.25, -0.2) is 13.6 Å². The molecule has 35 heavy (non-hydrogen) atoms. The molecule has 0 aliphatic carbocycles. The number of halogens is 2. The lowest BCUT2D eigenvalue weighted by Crippen LogP contribution is -2.35. The van der Waals surface area contributed by atoms with Gasteiger partial charge in [-0.3, -0.25) is 14.7 Å². The standard InChI is InChI=1S/C24H19F2N5O3S/c25-17-10-4-6-12-19(17)27-23(33)28-22(32)15-35-24-30-29-21(31(24)16-8-2-1-3-9-16)14-34-20-13-7-5-11-18(20)26/h1-13H,14-15H2,(H2,27,28,32,33). The Balaban J connectivity index is 1.43. The highest BCUT2D eigenvalue weighted by Gasteiger charge is 2.18. The molecule has 0 aliphatic heterocycles. The van der Waals surface area contributed by atoms with Crippen LogP contribution in [0.25, 0.3) is 5.69 Å². The normalized spacial score (nSPS) is 10.6. The van der Waals surface area contributed by atoms with Gasteiger partial charge in [-0.1, -0.05) is 54.2 Å². The van der Waals surface area contributed by atoms with Gasteiger partial charge in [-0.2, -0.15) is 0 Å². The summed E-state index contributed by atoms with van der Waals surface area (Å²) in [7, 11) is 0.